The molecule has 122 valence electrons. The molecule has 2 amide bonds. The van der Waals surface area contributed by atoms with Gasteiger partial charge in [0, 0.05) is 19.0 Å². The van der Waals surface area contributed by atoms with Gasteiger partial charge in [0.05, 0.1) is 0 Å². The second-order valence-corrected chi connectivity index (χ2v) is 7.68. The van der Waals surface area contributed by atoms with Crippen LogP contribution in [0.3, 0.4) is 0 Å². The van der Waals surface area contributed by atoms with Crippen molar-refractivity contribution in [2.24, 2.45) is 5.41 Å². The lowest BCUT2D eigenvalue weighted by molar-refractivity contribution is -0.122. The first-order valence-corrected chi connectivity index (χ1v) is 7.84. The van der Waals surface area contributed by atoms with Crippen LogP contribution < -0.4 is 10.6 Å². The van der Waals surface area contributed by atoms with Gasteiger partial charge in [-0.3, -0.25) is 4.79 Å². The SMILES string of the molecule is CC1(C)CCC(NC(=O)CCNC(=O)OC(C)(C)C)CC1. The molecule has 1 aliphatic carbocycles. The predicted octanol–water partition coefficient (Wildman–Crippen LogP) is 2.99. The molecular formula is C16H30N2O3. The maximum Gasteiger partial charge on any atom is 0.407 e. The third-order valence-electron chi connectivity index (χ3n) is 3.72. The zero-order chi connectivity index (χ0) is 16.1. The van der Waals surface area contributed by atoms with Crippen LogP contribution in [0.5, 0.6) is 0 Å². The van der Waals surface area contributed by atoms with E-state index in [1.54, 1.807) is 0 Å². The van der Waals surface area contributed by atoms with Crippen molar-refractivity contribution in [2.75, 3.05) is 6.54 Å². The minimum Gasteiger partial charge on any atom is -0.444 e. The van der Waals surface area contributed by atoms with E-state index in [2.05, 4.69) is 24.5 Å². The molecule has 0 spiro atoms. The van der Waals surface area contributed by atoms with Gasteiger partial charge in [-0.1, -0.05) is 13.8 Å². The summed E-state index contributed by atoms with van der Waals surface area (Å²) in [5.41, 5.74) is -0.110. The minimum atomic E-state index is -0.513. The molecule has 0 atom stereocenters. The molecule has 5 heteroatoms. The highest BCUT2D eigenvalue weighted by atomic mass is 16.6. The smallest absolute Gasteiger partial charge is 0.407 e. The summed E-state index contributed by atoms with van der Waals surface area (Å²) >= 11 is 0. The molecule has 0 unspecified atom stereocenters. The van der Waals surface area contributed by atoms with E-state index in [1.165, 1.54) is 0 Å². The number of carbonyl (C=O) groups is 2. The summed E-state index contributed by atoms with van der Waals surface area (Å²) in [6, 6.07) is 0.284. The number of carbonyl (C=O) groups excluding carboxylic acids is 2. The molecule has 0 aromatic heterocycles. The Morgan fingerprint density at radius 3 is 2.29 bits per heavy atom. The Morgan fingerprint density at radius 2 is 1.76 bits per heavy atom. The summed E-state index contributed by atoms with van der Waals surface area (Å²) in [5.74, 6) is -0.00392. The summed E-state index contributed by atoms with van der Waals surface area (Å²) in [4.78, 5) is 23.3. The molecule has 0 heterocycles. The summed E-state index contributed by atoms with van der Waals surface area (Å²) in [7, 11) is 0. The molecule has 2 N–H and O–H groups in total. The van der Waals surface area contributed by atoms with Crippen LogP contribution in [-0.2, 0) is 9.53 Å². The molecule has 0 aliphatic heterocycles. The van der Waals surface area contributed by atoms with E-state index in [0.29, 0.717) is 18.4 Å². The molecule has 1 saturated carbocycles. The van der Waals surface area contributed by atoms with Gasteiger partial charge >= 0.3 is 6.09 Å². The zero-order valence-corrected chi connectivity index (χ0v) is 14.0. The second kappa shape index (κ2) is 7.14. The van der Waals surface area contributed by atoms with E-state index in [4.69, 9.17) is 4.74 Å². The van der Waals surface area contributed by atoms with Crippen molar-refractivity contribution < 1.29 is 14.3 Å². The number of hydrogen-bond acceptors (Lipinski definition) is 3. The van der Waals surface area contributed by atoms with Crippen molar-refractivity contribution in [2.45, 2.75) is 78.4 Å². The lowest BCUT2D eigenvalue weighted by atomic mass is 9.75. The molecular weight excluding hydrogens is 268 g/mol. The molecule has 0 bridgehead atoms. The van der Waals surface area contributed by atoms with Crippen LogP contribution in [0.2, 0.25) is 0 Å². The number of alkyl carbamates (subject to hydrolysis) is 1. The molecule has 1 fully saturated rings. The van der Waals surface area contributed by atoms with E-state index in [-0.39, 0.29) is 11.9 Å². The normalized spacial score (nSPS) is 18.9. The third kappa shape index (κ3) is 7.93. The molecule has 0 saturated heterocycles. The van der Waals surface area contributed by atoms with Gasteiger partial charge in [0.25, 0.3) is 0 Å². The summed E-state index contributed by atoms with van der Waals surface area (Å²) in [6.45, 7) is 10.3. The Morgan fingerprint density at radius 1 is 1.19 bits per heavy atom. The fourth-order valence-electron chi connectivity index (χ4n) is 2.44. The highest BCUT2D eigenvalue weighted by Gasteiger charge is 2.27. The molecule has 0 aromatic carbocycles. The van der Waals surface area contributed by atoms with Crippen LogP contribution in [-0.4, -0.2) is 30.2 Å². The highest BCUT2D eigenvalue weighted by Crippen LogP contribution is 2.34. The maximum atomic E-state index is 11.8. The average Bonchev–Trinajstić information content (AvgIpc) is 2.29. The van der Waals surface area contributed by atoms with Crippen LogP contribution in [0, 0.1) is 5.41 Å². The van der Waals surface area contributed by atoms with Gasteiger partial charge in [0.2, 0.25) is 5.91 Å². The van der Waals surface area contributed by atoms with Gasteiger partial charge in [0.1, 0.15) is 5.60 Å². The van der Waals surface area contributed by atoms with Crippen molar-refractivity contribution in [3.05, 3.63) is 0 Å². The number of nitrogens with one attached hydrogen (secondary N) is 2. The summed E-state index contributed by atoms with van der Waals surface area (Å²) in [6.07, 6.45) is 4.19. The first-order chi connectivity index (χ1) is 9.57. The third-order valence-corrected chi connectivity index (χ3v) is 3.72. The van der Waals surface area contributed by atoms with Crippen LogP contribution in [0.15, 0.2) is 0 Å². The second-order valence-electron chi connectivity index (χ2n) is 7.68. The Balaban J connectivity index is 2.16. The highest BCUT2D eigenvalue weighted by molar-refractivity contribution is 5.77. The van der Waals surface area contributed by atoms with E-state index in [9.17, 15) is 9.59 Å². The topological polar surface area (TPSA) is 67.4 Å². The number of rotatable bonds is 4. The molecule has 0 radical (unpaired) electrons. The monoisotopic (exact) mass is 298 g/mol. The van der Waals surface area contributed by atoms with Gasteiger partial charge in [0.15, 0.2) is 0 Å². The van der Waals surface area contributed by atoms with E-state index < -0.39 is 11.7 Å². The number of ether oxygens (including phenoxy) is 1. The lowest BCUT2D eigenvalue weighted by Crippen LogP contribution is -2.41. The lowest BCUT2D eigenvalue weighted by Gasteiger charge is -2.34. The number of amides is 2. The van der Waals surface area contributed by atoms with Crippen molar-refractivity contribution in [3.63, 3.8) is 0 Å². The van der Waals surface area contributed by atoms with E-state index in [1.807, 2.05) is 20.8 Å². The Kier molecular flexibility index (Phi) is 6.05. The molecule has 1 aliphatic rings. The summed E-state index contributed by atoms with van der Waals surface area (Å²) < 4.78 is 5.11. The average molecular weight is 298 g/mol. The van der Waals surface area contributed by atoms with Crippen molar-refractivity contribution in [1.82, 2.24) is 10.6 Å². The molecule has 1 rings (SSSR count). The quantitative estimate of drug-likeness (QED) is 0.838. The van der Waals surface area contributed by atoms with Gasteiger partial charge < -0.3 is 15.4 Å². The standard InChI is InChI=1S/C16H30N2O3/c1-15(2,3)21-14(20)17-11-8-13(19)18-12-6-9-16(4,5)10-7-12/h12H,6-11H2,1-5H3,(H,17,20)(H,18,19). The van der Waals surface area contributed by atoms with Crippen LogP contribution in [0.1, 0.15) is 66.7 Å². The van der Waals surface area contributed by atoms with Gasteiger partial charge in [-0.25, -0.2) is 4.79 Å². The van der Waals surface area contributed by atoms with Crippen LogP contribution in [0.4, 0.5) is 4.79 Å². The summed E-state index contributed by atoms with van der Waals surface area (Å²) in [5, 5.41) is 5.65. The van der Waals surface area contributed by atoms with E-state index >= 15 is 0 Å². The van der Waals surface area contributed by atoms with Crippen molar-refractivity contribution >= 4 is 12.0 Å². The fourth-order valence-corrected chi connectivity index (χ4v) is 2.44. The Bertz CT molecular complexity index is 362. The Labute approximate surface area is 128 Å². The molecule has 5 nitrogen and oxygen atoms in total. The van der Waals surface area contributed by atoms with E-state index in [0.717, 1.165) is 25.7 Å². The zero-order valence-electron chi connectivity index (χ0n) is 14.0. The van der Waals surface area contributed by atoms with Crippen LogP contribution >= 0.6 is 0 Å². The largest absolute Gasteiger partial charge is 0.444 e. The first kappa shape index (κ1) is 17.8. The van der Waals surface area contributed by atoms with Crippen LogP contribution in [0.25, 0.3) is 0 Å². The Hall–Kier alpha value is -1.26. The van der Waals surface area contributed by atoms with Crippen molar-refractivity contribution in [3.8, 4) is 0 Å². The number of hydrogen-bond donors (Lipinski definition) is 2. The molecule has 21 heavy (non-hydrogen) atoms. The van der Waals surface area contributed by atoms with Gasteiger partial charge in [-0.2, -0.15) is 0 Å². The van der Waals surface area contributed by atoms with Gasteiger partial charge in [-0.15, -0.1) is 0 Å². The first-order valence-electron chi connectivity index (χ1n) is 7.84. The maximum absolute atomic E-state index is 11.8. The molecule has 0 aromatic rings. The fraction of sp³-hybridized carbons (Fsp3) is 0.875. The minimum absolute atomic E-state index is 0.00392. The predicted molar refractivity (Wildman–Crippen MR) is 83.0 cm³/mol. The van der Waals surface area contributed by atoms with Crippen molar-refractivity contribution in [1.29, 1.82) is 0 Å². The van der Waals surface area contributed by atoms with Gasteiger partial charge in [-0.05, 0) is 51.9 Å².